The number of hydrogen-bond acceptors (Lipinski definition) is 2. The molecule has 116 valence electrons. The Hall–Kier alpha value is -0.570. The number of halogens is 1. The Morgan fingerprint density at radius 3 is 2.86 bits per heavy atom. The molecule has 1 aromatic rings. The molecular formula is C18H27ClN2. The lowest BCUT2D eigenvalue weighted by molar-refractivity contribution is 0.108. The van der Waals surface area contributed by atoms with Crippen LogP contribution in [0.1, 0.15) is 50.1 Å². The van der Waals surface area contributed by atoms with Crippen molar-refractivity contribution in [1.82, 2.24) is 10.2 Å². The van der Waals surface area contributed by atoms with Crippen LogP contribution in [0.25, 0.3) is 0 Å². The minimum atomic E-state index is 0.362. The first kappa shape index (κ1) is 15.3. The van der Waals surface area contributed by atoms with Crippen LogP contribution in [0, 0.1) is 5.92 Å². The average molecular weight is 307 g/mol. The summed E-state index contributed by atoms with van der Waals surface area (Å²) in [6.07, 6.45) is 8.30. The van der Waals surface area contributed by atoms with Crippen LogP contribution < -0.4 is 5.32 Å². The third-order valence-electron chi connectivity index (χ3n) is 5.44. The molecule has 1 aliphatic heterocycles. The Bertz CT molecular complexity index is 462. The van der Waals surface area contributed by atoms with Crippen molar-refractivity contribution in [3.8, 4) is 0 Å². The topological polar surface area (TPSA) is 15.3 Å². The molecule has 3 rings (SSSR count). The maximum atomic E-state index is 6.35. The third kappa shape index (κ3) is 3.44. The quantitative estimate of drug-likeness (QED) is 0.874. The maximum Gasteiger partial charge on any atom is 0.0453 e. The summed E-state index contributed by atoms with van der Waals surface area (Å²) in [5.74, 6) is 0.979. The predicted octanol–water partition coefficient (Wildman–Crippen LogP) is 4.26. The molecule has 0 aromatic heterocycles. The summed E-state index contributed by atoms with van der Waals surface area (Å²) < 4.78 is 0. The van der Waals surface area contributed by atoms with Crippen molar-refractivity contribution in [3.63, 3.8) is 0 Å². The molecule has 0 amide bonds. The number of piperidine rings is 1. The molecule has 1 heterocycles. The van der Waals surface area contributed by atoms with Gasteiger partial charge in [-0.2, -0.15) is 0 Å². The van der Waals surface area contributed by atoms with Gasteiger partial charge in [-0.3, -0.25) is 0 Å². The molecule has 1 aliphatic carbocycles. The summed E-state index contributed by atoms with van der Waals surface area (Å²) in [6.45, 7) is 2.48. The molecule has 21 heavy (non-hydrogen) atoms. The summed E-state index contributed by atoms with van der Waals surface area (Å²) in [6, 6.07) is 9.46. The summed E-state index contributed by atoms with van der Waals surface area (Å²) in [7, 11) is 2.04. The van der Waals surface area contributed by atoms with E-state index in [0.717, 1.165) is 23.4 Å². The first-order valence-electron chi connectivity index (χ1n) is 8.45. The highest BCUT2D eigenvalue weighted by Crippen LogP contribution is 2.37. The number of rotatable bonds is 5. The van der Waals surface area contributed by atoms with Crippen LogP contribution in [0.5, 0.6) is 0 Å². The molecular weight excluding hydrogens is 280 g/mol. The Balaban J connectivity index is 1.61. The van der Waals surface area contributed by atoms with E-state index in [4.69, 9.17) is 11.6 Å². The van der Waals surface area contributed by atoms with Crippen molar-refractivity contribution in [2.75, 3.05) is 20.1 Å². The Kier molecular flexibility index (Phi) is 5.20. The van der Waals surface area contributed by atoms with Crippen LogP contribution in [0.15, 0.2) is 24.3 Å². The van der Waals surface area contributed by atoms with Crippen LogP contribution in [0.3, 0.4) is 0 Å². The fourth-order valence-corrected chi connectivity index (χ4v) is 4.61. The van der Waals surface area contributed by atoms with Crippen LogP contribution in [-0.2, 0) is 0 Å². The number of nitrogens with zero attached hydrogens (tertiary/aromatic N) is 1. The SMILES string of the molecule is CNC(CCN1CCCC2CCCC21)c1ccccc1Cl. The zero-order chi connectivity index (χ0) is 14.7. The second-order valence-electron chi connectivity index (χ2n) is 6.59. The van der Waals surface area contributed by atoms with Gasteiger partial charge in [0.05, 0.1) is 0 Å². The largest absolute Gasteiger partial charge is 0.313 e. The Morgan fingerprint density at radius 1 is 1.24 bits per heavy atom. The molecule has 0 spiro atoms. The van der Waals surface area contributed by atoms with Crippen LogP contribution in [-0.4, -0.2) is 31.1 Å². The van der Waals surface area contributed by atoms with E-state index in [0.29, 0.717) is 6.04 Å². The number of hydrogen-bond donors (Lipinski definition) is 1. The van der Waals surface area contributed by atoms with Crippen molar-refractivity contribution in [1.29, 1.82) is 0 Å². The van der Waals surface area contributed by atoms with Gasteiger partial charge in [-0.1, -0.05) is 36.2 Å². The molecule has 3 heteroatoms. The van der Waals surface area contributed by atoms with E-state index >= 15 is 0 Å². The van der Waals surface area contributed by atoms with Gasteiger partial charge in [0, 0.05) is 23.7 Å². The first-order chi connectivity index (χ1) is 10.3. The highest BCUT2D eigenvalue weighted by atomic mass is 35.5. The number of nitrogens with one attached hydrogen (secondary N) is 1. The molecule has 2 nitrogen and oxygen atoms in total. The van der Waals surface area contributed by atoms with E-state index in [-0.39, 0.29) is 0 Å². The van der Waals surface area contributed by atoms with Crippen molar-refractivity contribution in [2.45, 2.75) is 50.6 Å². The Labute approximate surface area is 133 Å². The molecule has 2 aliphatic rings. The smallest absolute Gasteiger partial charge is 0.0453 e. The van der Waals surface area contributed by atoms with E-state index in [1.165, 1.54) is 50.8 Å². The standard InChI is InChI=1S/C18H27ClN2/c1-20-17(15-8-2-3-9-16(15)19)11-13-21-12-5-7-14-6-4-10-18(14)21/h2-3,8-9,14,17-18,20H,4-7,10-13H2,1H3. The molecule has 2 fully saturated rings. The van der Waals surface area contributed by atoms with Gasteiger partial charge >= 0.3 is 0 Å². The van der Waals surface area contributed by atoms with Gasteiger partial charge in [-0.25, -0.2) is 0 Å². The number of fused-ring (bicyclic) bond motifs is 1. The van der Waals surface area contributed by atoms with Crippen LogP contribution in [0.4, 0.5) is 0 Å². The van der Waals surface area contributed by atoms with Crippen molar-refractivity contribution in [3.05, 3.63) is 34.9 Å². The monoisotopic (exact) mass is 306 g/mol. The zero-order valence-corrected chi connectivity index (χ0v) is 13.8. The third-order valence-corrected chi connectivity index (χ3v) is 5.79. The molecule has 1 saturated carbocycles. The summed E-state index contributed by atoms with van der Waals surface area (Å²) in [5.41, 5.74) is 1.24. The van der Waals surface area contributed by atoms with Gasteiger partial charge in [-0.15, -0.1) is 0 Å². The average Bonchev–Trinajstić information content (AvgIpc) is 2.98. The second kappa shape index (κ2) is 7.13. The number of likely N-dealkylation sites (tertiary alicyclic amines) is 1. The predicted molar refractivity (Wildman–Crippen MR) is 89.8 cm³/mol. The van der Waals surface area contributed by atoms with Gasteiger partial charge in [-0.05, 0) is 63.2 Å². The lowest BCUT2D eigenvalue weighted by atomic mass is 9.91. The van der Waals surface area contributed by atoms with E-state index < -0.39 is 0 Å². The summed E-state index contributed by atoms with van der Waals surface area (Å²) >= 11 is 6.35. The minimum Gasteiger partial charge on any atom is -0.313 e. The number of benzene rings is 1. The fourth-order valence-electron chi connectivity index (χ4n) is 4.34. The fraction of sp³-hybridized carbons (Fsp3) is 0.667. The summed E-state index contributed by atoms with van der Waals surface area (Å²) in [5, 5.41) is 4.33. The van der Waals surface area contributed by atoms with Crippen molar-refractivity contribution < 1.29 is 0 Å². The van der Waals surface area contributed by atoms with E-state index in [9.17, 15) is 0 Å². The van der Waals surface area contributed by atoms with E-state index in [1.54, 1.807) is 0 Å². The molecule has 1 aromatic carbocycles. The van der Waals surface area contributed by atoms with Crippen LogP contribution in [0.2, 0.25) is 5.02 Å². The highest BCUT2D eigenvalue weighted by molar-refractivity contribution is 6.31. The van der Waals surface area contributed by atoms with Gasteiger partial charge in [0.15, 0.2) is 0 Å². The van der Waals surface area contributed by atoms with E-state index in [2.05, 4.69) is 22.3 Å². The van der Waals surface area contributed by atoms with Gasteiger partial charge in [0.1, 0.15) is 0 Å². The maximum absolute atomic E-state index is 6.35. The molecule has 1 saturated heterocycles. The Morgan fingerprint density at radius 2 is 2.05 bits per heavy atom. The molecule has 3 unspecified atom stereocenters. The van der Waals surface area contributed by atoms with Crippen LogP contribution >= 0.6 is 11.6 Å². The van der Waals surface area contributed by atoms with Gasteiger partial charge in [0.2, 0.25) is 0 Å². The first-order valence-corrected chi connectivity index (χ1v) is 8.83. The second-order valence-corrected chi connectivity index (χ2v) is 7.00. The minimum absolute atomic E-state index is 0.362. The molecule has 0 radical (unpaired) electrons. The van der Waals surface area contributed by atoms with Gasteiger partial charge < -0.3 is 10.2 Å². The highest BCUT2D eigenvalue weighted by Gasteiger charge is 2.34. The summed E-state index contributed by atoms with van der Waals surface area (Å²) in [4.78, 5) is 2.75. The molecule has 3 atom stereocenters. The normalized spacial score (nSPS) is 27.5. The molecule has 0 bridgehead atoms. The van der Waals surface area contributed by atoms with Crippen molar-refractivity contribution >= 4 is 11.6 Å². The lowest BCUT2D eigenvalue weighted by Crippen LogP contribution is -2.43. The van der Waals surface area contributed by atoms with Gasteiger partial charge in [0.25, 0.3) is 0 Å². The zero-order valence-electron chi connectivity index (χ0n) is 13.0. The van der Waals surface area contributed by atoms with E-state index in [1.807, 2.05) is 19.2 Å². The molecule has 1 N–H and O–H groups in total. The van der Waals surface area contributed by atoms with Crippen molar-refractivity contribution in [2.24, 2.45) is 5.92 Å². The lowest BCUT2D eigenvalue weighted by Gasteiger charge is -2.38.